The summed E-state index contributed by atoms with van der Waals surface area (Å²) in [6.07, 6.45) is 0. The lowest BCUT2D eigenvalue weighted by atomic mass is 10.1. The first-order valence-electron chi connectivity index (χ1n) is 10.6. The van der Waals surface area contributed by atoms with Crippen molar-refractivity contribution in [1.29, 1.82) is 0 Å². The van der Waals surface area contributed by atoms with Gasteiger partial charge in [0.1, 0.15) is 5.75 Å². The first-order chi connectivity index (χ1) is 16.7. The average molecular weight is 473 g/mol. The van der Waals surface area contributed by atoms with E-state index < -0.39 is 17.8 Å². The number of rotatable bonds is 6. The molecule has 0 radical (unpaired) electrons. The van der Waals surface area contributed by atoms with E-state index in [1.54, 1.807) is 73.7 Å². The zero-order valence-electron chi connectivity index (χ0n) is 19.4. The molecule has 3 N–H and O–H groups in total. The van der Waals surface area contributed by atoms with Crippen molar-refractivity contribution in [1.82, 2.24) is 5.43 Å². The average Bonchev–Trinajstić information content (AvgIpc) is 2.83. The standard InChI is InChI=1S/C26H24N4O5/c1-16-7-6-8-19(15-16)26(34)35-23-10-5-4-9-22(23)17(2)29-30-25(33)24(32)28-21-13-11-20(12-14-21)27-18(3)31/h4-15H,1-3H3,(H,27,31)(H,28,32)(H,30,33)/b29-17+. The zero-order chi connectivity index (χ0) is 25.4. The number of para-hydroxylation sites is 1. The minimum absolute atomic E-state index is 0.221. The van der Waals surface area contributed by atoms with Gasteiger partial charge in [-0.1, -0.05) is 29.8 Å². The van der Waals surface area contributed by atoms with Crippen LogP contribution in [0.15, 0.2) is 77.9 Å². The minimum atomic E-state index is -0.982. The maximum atomic E-state index is 12.5. The Labute approximate surface area is 202 Å². The first-order valence-corrected chi connectivity index (χ1v) is 10.6. The maximum absolute atomic E-state index is 12.5. The largest absolute Gasteiger partial charge is 0.422 e. The van der Waals surface area contributed by atoms with Crippen LogP contribution in [0.3, 0.4) is 0 Å². The quantitative estimate of drug-likeness (QED) is 0.166. The van der Waals surface area contributed by atoms with Crippen LogP contribution < -0.4 is 20.8 Å². The highest BCUT2D eigenvalue weighted by molar-refractivity contribution is 6.39. The second kappa shape index (κ2) is 11.4. The van der Waals surface area contributed by atoms with E-state index >= 15 is 0 Å². The minimum Gasteiger partial charge on any atom is -0.422 e. The van der Waals surface area contributed by atoms with Crippen molar-refractivity contribution >= 4 is 40.8 Å². The molecule has 0 atom stereocenters. The maximum Gasteiger partial charge on any atom is 0.343 e. The van der Waals surface area contributed by atoms with Gasteiger partial charge in [-0.25, -0.2) is 10.2 Å². The monoisotopic (exact) mass is 472 g/mol. The molecule has 178 valence electrons. The molecule has 3 amide bonds. The number of hydrazone groups is 1. The molecule has 3 aromatic carbocycles. The van der Waals surface area contributed by atoms with Crippen LogP contribution in [0.25, 0.3) is 0 Å². The topological polar surface area (TPSA) is 126 Å². The van der Waals surface area contributed by atoms with E-state index in [4.69, 9.17) is 4.74 Å². The highest BCUT2D eigenvalue weighted by atomic mass is 16.5. The van der Waals surface area contributed by atoms with E-state index in [0.29, 0.717) is 28.2 Å². The Morgan fingerprint density at radius 3 is 2.09 bits per heavy atom. The second-order valence-electron chi connectivity index (χ2n) is 7.61. The van der Waals surface area contributed by atoms with Crippen molar-refractivity contribution in [2.45, 2.75) is 20.8 Å². The van der Waals surface area contributed by atoms with Crippen LogP contribution in [-0.2, 0) is 14.4 Å². The number of aryl methyl sites for hydroxylation is 1. The van der Waals surface area contributed by atoms with Crippen molar-refractivity contribution in [3.05, 3.63) is 89.5 Å². The van der Waals surface area contributed by atoms with Crippen molar-refractivity contribution in [2.75, 3.05) is 10.6 Å². The number of carbonyl (C=O) groups excluding carboxylic acids is 4. The molecule has 0 saturated heterocycles. The summed E-state index contributed by atoms with van der Waals surface area (Å²) in [6, 6.07) is 20.0. The number of nitrogens with one attached hydrogen (secondary N) is 3. The molecule has 0 bridgehead atoms. The molecule has 9 heteroatoms. The fourth-order valence-corrected chi connectivity index (χ4v) is 3.06. The predicted molar refractivity (Wildman–Crippen MR) is 132 cm³/mol. The molecule has 0 unspecified atom stereocenters. The Morgan fingerprint density at radius 1 is 0.771 bits per heavy atom. The Balaban J connectivity index is 1.64. The van der Waals surface area contributed by atoms with Gasteiger partial charge in [-0.3, -0.25) is 14.4 Å². The Bertz CT molecular complexity index is 1300. The van der Waals surface area contributed by atoms with Crippen LogP contribution in [0.1, 0.15) is 35.3 Å². The van der Waals surface area contributed by atoms with Crippen LogP contribution >= 0.6 is 0 Å². The van der Waals surface area contributed by atoms with Crippen LogP contribution in [0.4, 0.5) is 11.4 Å². The lowest BCUT2D eigenvalue weighted by Gasteiger charge is -2.10. The summed E-state index contributed by atoms with van der Waals surface area (Å²) in [4.78, 5) is 48.0. The molecule has 3 aromatic rings. The van der Waals surface area contributed by atoms with Crippen LogP contribution in [-0.4, -0.2) is 29.4 Å². The molecule has 0 spiro atoms. The SMILES string of the molecule is CC(=O)Nc1ccc(NC(=O)C(=O)N/N=C(\C)c2ccccc2OC(=O)c2cccc(C)c2)cc1. The van der Waals surface area contributed by atoms with E-state index in [1.165, 1.54) is 6.92 Å². The Kier molecular flexibility index (Phi) is 8.07. The number of carbonyl (C=O) groups is 4. The lowest BCUT2D eigenvalue weighted by molar-refractivity contribution is -0.136. The van der Waals surface area contributed by atoms with E-state index in [-0.39, 0.29) is 11.7 Å². The number of ether oxygens (including phenoxy) is 1. The lowest BCUT2D eigenvalue weighted by Crippen LogP contribution is -2.33. The number of hydrogen-bond donors (Lipinski definition) is 3. The van der Waals surface area contributed by atoms with Gasteiger partial charge >= 0.3 is 17.8 Å². The molecule has 0 aliphatic heterocycles. The Morgan fingerprint density at radius 2 is 1.43 bits per heavy atom. The fraction of sp³-hybridized carbons (Fsp3) is 0.115. The fourth-order valence-electron chi connectivity index (χ4n) is 3.06. The van der Waals surface area contributed by atoms with Crippen LogP contribution in [0, 0.1) is 6.92 Å². The van der Waals surface area contributed by atoms with Crippen molar-refractivity contribution in [3.8, 4) is 5.75 Å². The van der Waals surface area contributed by atoms with Gasteiger partial charge in [0.25, 0.3) is 0 Å². The van der Waals surface area contributed by atoms with Crippen LogP contribution in [0.5, 0.6) is 5.75 Å². The van der Waals surface area contributed by atoms with E-state index in [1.807, 2.05) is 13.0 Å². The third kappa shape index (κ3) is 7.10. The molecular formula is C26H24N4O5. The van der Waals surface area contributed by atoms with Gasteiger partial charge < -0.3 is 15.4 Å². The van der Waals surface area contributed by atoms with Gasteiger partial charge in [0, 0.05) is 23.9 Å². The number of amides is 3. The molecule has 0 fully saturated rings. The van der Waals surface area contributed by atoms with Gasteiger partial charge in [0.15, 0.2) is 0 Å². The number of esters is 1. The predicted octanol–water partition coefficient (Wildman–Crippen LogP) is 3.65. The molecule has 9 nitrogen and oxygen atoms in total. The zero-order valence-corrected chi connectivity index (χ0v) is 19.4. The van der Waals surface area contributed by atoms with Crippen molar-refractivity contribution < 1.29 is 23.9 Å². The first kappa shape index (κ1) is 24.8. The molecule has 0 aromatic heterocycles. The van der Waals surface area contributed by atoms with E-state index in [0.717, 1.165) is 5.56 Å². The highest BCUT2D eigenvalue weighted by Gasteiger charge is 2.16. The van der Waals surface area contributed by atoms with Gasteiger partial charge in [0.05, 0.1) is 11.3 Å². The van der Waals surface area contributed by atoms with Crippen LogP contribution in [0.2, 0.25) is 0 Å². The third-order valence-corrected chi connectivity index (χ3v) is 4.73. The molecule has 3 rings (SSSR count). The second-order valence-corrected chi connectivity index (χ2v) is 7.61. The summed E-state index contributed by atoms with van der Waals surface area (Å²) < 4.78 is 5.54. The third-order valence-electron chi connectivity index (χ3n) is 4.73. The molecule has 0 aliphatic carbocycles. The molecule has 0 heterocycles. The van der Waals surface area contributed by atoms with E-state index in [9.17, 15) is 19.2 Å². The summed E-state index contributed by atoms with van der Waals surface area (Å²) in [5, 5.41) is 9.02. The van der Waals surface area contributed by atoms with Crippen molar-refractivity contribution in [2.24, 2.45) is 5.10 Å². The van der Waals surface area contributed by atoms with Gasteiger partial charge in [-0.15, -0.1) is 0 Å². The smallest absolute Gasteiger partial charge is 0.343 e. The normalized spacial score (nSPS) is 10.8. The molecule has 0 saturated carbocycles. The Hall–Kier alpha value is -4.79. The van der Waals surface area contributed by atoms with Gasteiger partial charge in [-0.2, -0.15) is 5.10 Å². The number of nitrogens with zero attached hydrogens (tertiary/aromatic N) is 1. The van der Waals surface area contributed by atoms with Crippen molar-refractivity contribution in [3.63, 3.8) is 0 Å². The summed E-state index contributed by atoms with van der Waals surface area (Å²) in [6.45, 7) is 4.87. The number of benzene rings is 3. The summed E-state index contributed by atoms with van der Waals surface area (Å²) >= 11 is 0. The number of hydrogen-bond acceptors (Lipinski definition) is 6. The summed E-state index contributed by atoms with van der Waals surface area (Å²) in [7, 11) is 0. The van der Waals surface area contributed by atoms with E-state index in [2.05, 4.69) is 21.2 Å². The summed E-state index contributed by atoms with van der Waals surface area (Å²) in [5.41, 5.74) is 5.26. The summed E-state index contributed by atoms with van der Waals surface area (Å²) in [5.74, 6) is -2.39. The number of anilines is 2. The van der Waals surface area contributed by atoms with Gasteiger partial charge in [-0.05, 0) is 62.4 Å². The molecule has 0 aliphatic rings. The molecular weight excluding hydrogens is 448 g/mol. The highest BCUT2D eigenvalue weighted by Crippen LogP contribution is 2.20. The molecule has 35 heavy (non-hydrogen) atoms. The van der Waals surface area contributed by atoms with Gasteiger partial charge in [0.2, 0.25) is 5.91 Å².